The molecule has 392 valence electrons. The van der Waals surface area contributed by atoms with Crippen LogP contribution in [0.4, 0.5) is 0 Å². The van der Waals surface area contributed by atoms with Gasteiger partial charge in [0.25, 0.3) is 0 Å². The summed E-state index contributed by atoms with van der Waals surface area (Å²) in [5, 5.41) is 0. The fourth-order valence-electron chi connectivity index (χ4n) is 8.21. The highest BCUT2D eigenvalue weighted by Gasteiger charge is 2.37. The van der Waals surface area contributed by atoms with Crippen LogP contribution in [0.1, 0.15) is 171 Å². The van der Waals surface area contributed by atoms with E-state index < -0.39 is 37.9 Å². The van der Waals surface area contributed by atoms with Crippen molar-refractivity contribution in [2.45, 2.75) is 180 Å². The zero-order valence-electron chi connectivity index (χ0n) is 46.7. The van der Waals surface area contributed by atoms with Crippen molar-refractivity contribution in [1.29, 1.82) is 0 Å². The molecule has 6 rings (SSSR count). The third-order valence-electron chi connectivity index (χ3n) is 13.6. The van der Waals surface area contributed by atoms with Crippen LogP contribution in [0.2, 0.25) is 0 Å². The van der Waals surface area contributed by atoms with E-state index in [9.17, 15) is 0 Å². The van der Waals surface area contributed by atoms with Crippen LogP contribution >= 0.6 is 17.2 Å². The minimum absolute atomic E-state index is 0.0573. The Morgan fingerprint density at radius 1 is 0.342 bits per heavy atom. The third-order valence-corrected chi connectivity index (χ3v) is 17.5. The average Bonchev–Trinajstić information content (AvgIpc) is 3.31. The molecule has 0 aliphatic rings. The number of rotatable bonds is 18. The first-order chi connectivity index (χ1) is 33.9. The Kier molecular flexibility index (Phi) is 17.3. The topological polar surface area (TPSA) is 89.5 Å². The molecular weight excluding hydrogens is 967 g/mol. The maximum atomic E-state index is 16.2. The second kappa shape index (κ2) is 22.0. The van der Waals surface area contributed by atoms with Crippen molar-refractivity contribution in [3.63, 3.8) is 0 Å². The molecule has 0 heterocycles. The molecule has 11 heteroatoms. The summed E-state index contributed by atoms with van der Waals surface area (Å²) in [6, 6.07) is 42.1. The molecule has 0 saturated carbocycles. The van der Waals surface area contributed by atoms with E-state index in [0.717, 1.165) is 46.2 Å². The monoisotopic (exact) mass is 1050 g/mol. The molecule has 0 aliphatic carbocycles. The minimum Gasteiger partial charge on any atom is -0.408 e. The minimum atomic E-state index is -4.54. The van der Waals surface area contributed by atoms with Crippen LogP contribution in [0.15, 0.2) is 143 Å². The first kappa shape index (κ1) is 57.2. The summed E-state index contributed by atoms with van der Waals surface area (Å²) >= 11 is 0. The fraction of sp³-hybridized carbons (Fsp3) is 0.419. The van der Waals surface area contributed by atoms with Gasteiger partial charge in [-0.1, -0.05) is 210 Å². The predicted octanol–water partition coefficient (Wildman–Crippen LogP) is 18.6. The van der Waals surface area contributed by atoms with Gasteiger partial charge in [-0.3, -0.25) is 0 Å². The zero-order valence-corrected chi connectivity index (χ0v) is 49.3. The van der Waals surface area contributed by atoms with Crippen LogP contribution in [0.3, 0.4) is 0 Å². The molecule has 0 amide bonds. The van der Waals surface area contributed by atoms with Gasteiger partial charge in [0.05, 0.1) is 0 Å². The van der Waals surface area contributed by atoms with Crippen molar-refractivity contribution in [1.82, 2.24) is 0 Å². The Labute approximate surface area is 441 Å². The largest absolute Gasteiger partial charge is 0.530 e. The molecule has 0 saturated heterocycles. The van der Waals surface area contributed by atoms with E-state index >= 15 is 8.42 Å². The number of hydrogen-bond donors (Lipinski definition) is 0. The van der Waals surface area contributed by atoms with Gasteiger partial charge >= 0.3 is 17.2 Å². The summed E-state index contributed by atoms with van der Waals surface area (Å²) in [7, 11) is -9.25. The smallest absolute Gasteiger partial charge is 0.408 e. The molecule has 0 aliphatic heterocycles. The van der Waals surface area contributed by atoms with Crippen LogP contribution in [0.5, 0.6) is 34.5 Å². The van der Waals surface area contributed by atoms with Crippen molar-refractivity contribution < 1.29 is 35.6 Å². The maximum Gasteiger partial charge on any atom is 0.530 e. The van der Waals surface area contributed by atoms with Crippen LogP contribution in [-0.2, 0) is 42.3 Å². The lowest BCUT2D eigenvalue weighted by Gasteiger charge is -2.29. The SMILES string of the molecule is CCC(C)(C)c1ccc(OP(Oc2ccccc2C(C)(C)C)Oc2ccccc2C(C)(C)C)c(S(=O)(=O)c2cc(C(C)(C)CC)ccc2OP(Oc2ccccc2C(C)(C)C)Oc2ccccc2C(C)(C)C)c1. The molecule has 6 aromatic rings. The normalized spacial score (nSPS) is 13.0. The first-order valence-electron chi connectivity index (χ1n) is 25.5. The molecule has 0 fully saturated rings. The van der Waals surface area contributed by atoms with E-state index in [-0.39, 0.29) is 42.9 Å². The zero-order chi connectivity index (χ0) is 54.0. The Bertz CT molecular complexity index is 2660. The van der Waals surface area contributed by atoms with Gasteiger partial charge in [0.1, 0.15) is 44.3 Å². The highest BCUT2D eigenvalue weighted by Crippen LogP contribution is 2.52. The summed E-state index contributed by atoms with van der Waals surface area (Å²) in [5.74, 6) is 2.43. The van der Waals surface area contributed by atoms with Crippen molar-refractivity contribution in [3.05, 3.63) is 167 Å². The number of benzene rings is 6. The van der Waals surface area contributed by atoms with Crippen molar-refractivity contribution in [3.8, 4) is 34.5 Å². The van der Waals surface area contributed by atoms with Gasteiger partial charge in [0, 0.05) is 22.3 Å². The number of para-hydroxylation sites is 4. The third kappa shape index (κ3) is 13.8. The highest BCUT2D eigenvalue weighted by atomic mass is 32.2. The van der Waals surface area contributed by atoms with E-state index in [1.165, 1.54) is 0 Å². The Hall–Kier alpha value is -5.07. The molecule has 0 bridgehead atoms. The molecule has 0 N–H and O–H groups in total. The van der Waals surface area contributed by atoms with Crippen molar-refractivity contribution >= 4 is 27.0 Å². The van der Waals surface area contributed by atoms with E-state index in [4.69, 9.17) is 27.1 Å². The maximum absolute atomic E-state index is 16.2. The van der Waals surface area contributed by atoms with Crippen LogP contribution in [-0.4, -0.2) is 8.42 Å². The van der Waals surface area contributed by atoms with Crippen LogP contribution in [0.25, 0.3) is 0 Å². The van der Waals surface area contributed by atoms with Gasteiger partial charge in [-0.15, -0.1) is 0 Å². The Morgan fingerprint density at radius 3 is 0.808 bits per heavy atom. The lowest BCUT2D eigenvalue weighted by molar-refractivity contribution is 0.373. The standard InChI is InChI=1S/C62H80O8P2S/c1-19-61(15,16)43-37-39-53(69-71(65-49-33-25-21-29-45(49)57(3,4)5)66-50-34-26-22-30-46(50)58(6,7)8)55(41-43)73(63,64)56-42-44(62(17,18)20-2)38-40-54(56)70-72(67-51-35-27-23-31-47(51)59(9,10)11)68-52-36-28-24-32-48(52)60(12,13)14/h21-42H,19-20H2,1-18H3. The van der Waals surface area contributed by atoms with E-state index in [2.05, 4.69) is 125 Å². The summed E-state index contributed by atoms with van der Waals surface area (Å²) in [5.41, 5.74) is 3.42. The van der Waals surface area contributed by atoms with E-state index in [0.29, 0.717) is 23.0 Å². The lowest BCUT2D eigenvalue weighted by Crippen LogP contribution is -2.19. The summed E-state index contributed by atoms with van der Waals surface area (Å²) < 4.78 is 73.7. The molecule has 73 heavy (non-hydrogen) atoms. The first-order valence-corrected chi connectivity index (χ1v) is 29.1. The van der Waals surface area contributed by atoms with Crippen molar-refractivity contribution in [2.75, 3.05) is 0 Å². The highest BCUT2D eigenvalue weighted by molar-refractivity contribution is 7.91. The summed E-state index contributed by atoms with van der Waals surface area (Å²) in [6.45, 7) is 38.1. The van der Waals surface area contributed by atoms with Gasteiger partial charge in [-0.2, -0.15) is 0 Å². The second-order valence-corrected chi connectivity index (χ2v) is 28.2. The second-order valence-electron chi connectivity index (χ2n) is 24.3. The van der Waals surface area contributed by atoms with Gasteiger partial charge in [0.15, 0.2) is 0 Å². The lowest BCUT2D eigenvalue weighted by atomic mass is 9.82. The molecule has 0 aromatic heterocycles. The molecular formula is C62H80O8P2S. The van der Waals surface area contributed by atoms with Gasteiger partial charge in [-0.05, 0) is 105 Å². The van der Waals surface area contributed by atoms with Gasteiger partial charge in [0.2, 0.25) is 9.84 Å². The Morgan fingerprint density at radius 2 is 0.575 bits per heavy atom. The quantitative estimate of drug-likeness (QED) is 0.0787. The Balaban J connectivity index is 1.59. The molecule has 0 unspecified atom stereocenters. The molecule has 8 nitrogen and oxygen atoms in total. The molecule has 0 atom stereocenters. The predicted molar refractivity (Wildman–Crippen MR) is 303 cm³/mol. The number of sulfone groups is 1. The molecule has 6 aromatic carbocycles. The fourth-order valence-corrected chi connectivity index (χ4v) is 12.0. The van der Waals surface area contributed by atoms with Crippen molar-refractivity contribution in [2.24, 2.45) is 0 Å². The van der Waals surface area contributed by atoms with E-state index in [1.54, 1.807) is 24.3 Å². The number of hydrogen-bond acceptors (Lipinski definition) is 8. The van der Waals surface area contributed by atoms with Gasteiger partial charge in [-0.25, -0.2) is 8.42 Å². The molecule has 0 radical (unpaired) electrons. The van der Waals surface area contributed by atoms with E-state index in [1.807, 2.05) is 109 Å². The summed E-state index contributed by atoms with van der Waals surface area (Å²) in [6.07, 6.45) is 1.50. The average molecular weight is 1050 g/mol. The molecule has 0 spiro atoms. The summed E-state index contributed by atoms with van der Waals surface area (Å²) in [4.78, 5) is -0.115. The van der Waals surface area contributed by atoms with Gasteiger partial charge < -0.3 is 27.1 Å². The van der Waals surface area contributed by atoms with Crippen LogP contribution in [0, 0.1) is 0 Å². The van der Waals surface area contributed by atoms with Crippen LogP contribution < -0.4 is 27.1 Å².